The average Bonchev–Trinajstić information content (AvgIpc) is 2.81. The third-order valence-corrected chi connectivity index (χ3v) is 7.48. The van der Waals surface area contributed by atoms with Gasteiger partial charge in [0.15, 0.2) is 11.5 Å². The van der Waals surface area contributed by atoms with Gasteiger partial charge in [0.2, 0.25) is 5.75 Å². The number of benzene rings is 2. The molecule has 174 valence electrons. The zero-order chi connectivity index (χ0) is 23.0. The summed E-state index contributed by atoms with van der Waals surface area (Å²) in [4.78, 5) is 17.8. The second kappa shape index (κ2) is 8.73. The number of nitrogens with zero attached hydrogens (tertiary/aromatic N) is 1. The molecular formula is C27H31NO5. The van der Waals surface area contributed by atoms with E-state index in [0.717, 1.165) is 23.3 Å². The normalized spacial score (nSPS) is 27.5. The van der Waals surface area contributed by atoms with Crippen LogP contribution in [0.15, 0.2) is 41.4 Å². The molecule has 0 aromatic heterocycles. The second-order valence-corrected chi connectivity index (χ2v) is 9.77. The molecule has 6 heteroatoms. The third kappa shape index (κ3) is 4.31. The van der Waals surface area contributed by atoms with E-state index in [1.807, 2.05) is 18.3 Å². The van der Waals surface area contributed by atoms with Gasteiger partial charge in [-0.2, -0.15) is 0 Å². The molecule has 0 heterocycles. The molecule has 4 fully saturated rings. The van der Waals surface area contributed by atoms with Crippen LogP contribution in [0.25, 0.3) is 0 Å². The van der Waals surface area contributed by atoms with Crippen molar-refractivity contribution in [2.45, 2.75) is 44.1 Å². The largest absolute Gasteiger partial charge is 0.493 e. The van der Waals surface area contributed by atoms with Crippen molar-refractivity contribution in [1.29, 1.82) is 0 Å². The van der Waals surface area contributed by atoms with E-state index < -0.39 is 5.97 Å². The van der Waals surface area contributed by atoms with Crippen molar-refractivity contribution in [3.8, 4) is 23.0 Å². The number of aliphatic imine (C=N–C) groups is 1. The van der Waals surface area contributed by atoms with Crippen molar-refractivity contribution in [2.24, 2.45) is 22.7 Å². The van der Waals surface area contributed by atoms with Crippen molar-refractivity contribution >= 4 is 12.2 Å². The predicted octanol–water partition coefficient (Wildman–Crippen LogP) is 5.32. The minimum atomic E-state index is -0.496. The summed E-state index contributed by atoms with van der Waals surface area (Å²) >= 11 is 0. The van der Waals surface area contributed by atoms with E-state index >= 15 is 0 Å². The fourth-order valence-corrected chi connectivity index (χ4v) is 6.42. The fraction of sp³-hybridized carbons (Fsp3) is 0.481. The van der Waals surface area contributed by atoms with Gasteiger partial charge in [0, 0.05) is 6.21 Å². The lowest BCUT2D eigenvalue weighted by atomic mass is 9.53. The van der Waals surface area contributed by atoms with Gasteiger partial charge in [-0.05, 0) is 98.2 Å². The van der Waals surface area contributed by atoms with Crippen molar-refractivity contribution in [1.82, 2.24) is 0 Å². The highest BCUT2D eigenvalue weighted by atomic mass is 16.5. The van der Waals surface area contributed by atoms with Crippen LogP contribution in [-0.4, -0.2) is 39.1 Å². The lowest BCUT2D eigenvalue weighted by Gasteiger charge is -2.54. The van der Waals surface area contributed by atoms with Crippen molar-refractivity contribution < 1.29 is 23.7 Å². The van der Waals surface area contributed by atoms with Crippen LogP contribution in [0.1, 0.15) is 54.4 Å². The van der Waals surface area contributed by atoms with Gasteiger partial charge in [0.1, 0.15) is 5.75 Å². The standard InChI is InChI=1S/C27H31NO5/c1-30-23-11-21(12-24(31-2)25(23)32-3)26(29)33-22-6-4-17(5-7-22)16-28-27-13-18-8-19(14-27)10-20(9-18)15-27/h4-7,11-12,16,18-20H,8-10,13-15H2,1-3H3. The first-order chi connectivity index (χ1) is 16.0. The van der Waals surface area contributed by atoms with Gasteiger partial charge in [-0.25, -0.2) is 4.79 Å². The Morgan fingerprint density at radius 1 is 0.879 bits per heavy atom. The maximum atomic E-state index is 12.7. The van der Waals surface area contributed by atoms with Crippen LogP contribution in [0.5, 0.6) is 23.0 Å². The van der Waals surface area contributed by atoms with Crippen LogP contribution in [0.2, 0.25) is 0 Å². The molecule has 0 aliphatic heterocycles. The summed E-state index contributed by atoms with van der Waals surface area (Å²) in [6.45, 7) is 0. The third-order valence-electron chi connectivity index (χ3n) is 7.48. The Hall–Kier alpha value is -3.02. The Labute approximate surface area is 194 Å². The molecule has 0 N–H and O–H groups in total. The topological polar surface area (TPSA) is 66.4 Å². The number of rotatable bonds is 7. The summed E-state index contributed by atoms with van der Waals surface area (Å²) < 4.78 is 21.5. The van der Waals surface area contributed by atoms with Gasteiger partial charge in [-0.15, -0.1) is 0 Å². The summed E-state index contributed by atoms with van der Waals surface area (Å²) in [5.74, 6) is 3.85. The summed E-state index contributed by atoms with van der Waals surface area (Å²) in [6.07, 6.45) is 10.0. The van der Waals surface area contributed by atoms with Gasteiger partial charge in [-0.3, -0.25) is 4.99 Å². The Morgan fingerprint density at radius 3 is 1.91 bits per heavy atom. The Bertz CT molecular complexity index is 998. The van der Waals surface area contributed by atoms with E-state index in [1.165, 1.54) is 59.9 Å². The second-order valence-electron chi connectivity index (χ2n) is 9.77. The number of carbonyl (C=O) groups is 1. The highest BCUT2D eigenvalue weighted by Gasteiger charge is 2.50. The Morgan fingerprint density at radius 2 is 1.42 bits per heavy atom. The molecule has 0 radical (unpaired) electrons. The van der Waals surface area contributed by atoms with Crippen LogP contribution < -0.4 is 18.9 Å². The van der Waals surface area contributed by atoms with Crippen molar-refractivity contribution in [3.63, 3.8) is 0 Å². The molecule has 0 spiro atoms. The molecule has 0 unspecified atom stereocenters. The summed E-state index contributed by atoms with van der Waals surface area (Å²) in [7, 11) is 4.54. The minimum Gasteiger partial charge on any atom is -0.493 e. The van der Waals surface area contributed by atoms with Crippen LogP contribution in [-0.2, 0) is 0 Å². The van der Waals surface area contributed by atoms with Gasteiger partial charge in [-0.1, -0.05) is 0 Å². The van der Waals surface area contributed by atoms with Gasteiger partial charge < -0.3 is 18.9 Å². The monoisotopic (exact) mass is 449 g/mol. The number of ether oxygens (including phenoxy) is 4. The molecule has 6 rings (SSSR count). The van der Waals surface area contributed by atoms with Crippen LogP contribution >= 0.6 is 0 Å². The molecule has 4 aliphatic carbocycles. The summed E-state index contributed by atoms with van der Waals surface area (Å²) in [6, 6.07) is 10.7. The molecular weight excluding hydrogens is 418 g/mol. The molecule has 2 aromatic rings. The van der Waals surface area contributed by atoms with Gasteiger partial charge >= 0.3 is 5.97 Å². The highest BCUT2D eigenvalue weighted by Crippen LogP contribution is 2.57. The van der Waals surface area contributed by atoms with E-state index in [1.54, 1.807) is 24.3 Å². The lowest BCUT2D eigenvalue weighted by molar-refractivity contribution is 0.00194. The maximum absolute atomic E-state index is 12.7. The highest BCUT2D eigenvalue weighted by molar-refractivity contribution is 5.93. The SMILES string of the molecule is COc1cc(C(=O)Oc2ccc(C=NC34CC5CC(CC(C5)C3)C4)cc2)cc(OC)c1OC. The van der Waals surface area contributed by atoms with E-state index in [-0.39, 0.29) is 5.54 Å². The number of hydrogen-bond acceptors (Lipinski definition) is 6. The zero-order valence-corrected chi connectivity index (χ0v) is 19.5. The number of esters is 1. The first-order valence-corrected chi connectivity index (χ1v) is 11.7. The maximum Gasteiger partial charge on any atom is 0.343 e. The lowest BCUT2D eigenvalue weighted by Crippen LogP contribution is -2.49. The van der Waals surface area contributed by atoms with Crippen LogP contribution in [0, 0.1) is 17.8 Å². The summed E-state index contributed by atoms with van der Waals surface area (Å²) in [5.41, 5.74) is 1.50. The number of carbonyl (C=O) groups excluding carboxylic acids is 1. The zero-order valence-electron chi connectivity index (χ0n) is 19.5. The molecule has 2 aromatic carbocycles. The van der Waals surface area contributed by atoms with Crippen molar-refractivity contribution in [2.75, 3.05) is 21.3 Å². The van der Waals surface area contributed by atoms with E-state index in [2.05, 4.69) is 0 Å². The fourth-order valence-electron chi connectivity index (χ4n) is 6.42. The summed E-state index contributed by atoms with van der Waals surface area (Å²) in [5, 5.41) is 0. The first-order valence-electron chi connectivity index (χ1n) is 11.7. The van der Waals surface area contributed by atoms with Crippen molar-refractivity contribution in [3.05, 3.63) is 47.5 Å². The smallest absolute Gasteiger partial charge is 0.343 e. The quantitative estimate of drug-likeness (QED) is 0.325. The predicted molar refractivity (Wildman–Crippen MR) is 126 cm³/mol. The molecule has 33 heavy (non-hydrogen) atoms. The van der Waals surface area contributed by atoms with E-state index in [0.29, 0.717) is 28.6 Å². The van der Waals surface area contributed by atoms with Gasteiger partial charge in [0.25, 0.3) is 0 Å². The first kappa shape index (κ1) is 21.8. The molecule has 6 nitrogen and oxygen atoms in total. The van der Waals surface area contributed by atoms with E-state index in [9.17, 15) is 4.79 Å². The minimum absolute atomic E-state index is 0.159. The van der Waals surface area contributed by atoms with Crippen LogP contribution in [0.3, 0.4) is 0 Å². The Balaban J connectivity index is 1.27. The number of methoxy groups -OCH3 is 3. The average molecular weight is 450 g/mol. The Kier molecular flexibility index (Phi) is 5.77. The number of hydrogen-bond donors (Lipinski definition) is 0. The molecule has 0 amide bonds. The molecule has 4 saturated carbocycles. The van der Waals surface area contributed by atoms with Crippen LogP contribution in [0.4, 0.5) is 0 Å². The molecule has 4 bridgehead atoms. The molecule has 4 aliphatic rings. The van der Waals surface area contributed by atoms with E-state index in [4.69, 9.17) is 23.9 Å². The molecule has 0 saturated heterocycles. The van der Waals surface area contributed by atoms with Gasteiger partial charge in [0.05, 0.1) is 32.4 Å². The molecule has 0 atom stereocenters.